The lowest BCUT2D eigenvalue weighted by atomic mass is 9.81. The summed E-state index contributed by atoms with van der Waals surface area (Å²) in [7, 11) is 1.61. The van der Waals surface area contributed by atoms with Crippen molar-refractivity contribution in [3.8, 4) is 5.75 Å². The topological polar surface area (TPSA) is 109 Å². The summed E-state index contributed by atoms with van der Waals surface area (Å²) in [5, 5.41) is 30.5. The number of fused-ring (bicyclic) bond motifs is 1. The van der Waals surface area contributed by atoms with Crippen LogP contribution in [-0.4, -0.2) is 68.8 Å². The third-order valence-corrected chi connectivity index (χ3v) is 7.42. The predicted molar refractivity (Wildman–Crippen MR) is 131 cm³/mol. The van der Waals surface area contributed by atoms with E-state index in [4.69, 9.17) is 4.74 Å². The van der Waals surface area contributed by atoms with Crippen molar-refractivity contribution in [1.29, 1.82) is 0 Å². The molecular formula is C25H30N4O4S. The number of aliphatic hydroxyl groups is 1. The molecule has 3 aromatic rings. The van der Waals surface area contributed by atoms with E-state index in [-0.39, 0.29) is 5.92 Å². The summed E-state index contributed by atoms with van der Waals surface area (Å²) in [5.74, 6) is 0.400. The van der Waals surface area contributed by atoms with Gasteiger partial charge in [0.15, 0.2) is 0 Å². The van der Waals surface area contributed by atoms with Gasteiger partial charge in [-0.05, 0) is 73.7 Å². The number of ether oxygens (including phenoxy) is 1. The van der Waals surface area contributed by atoms with E-state index in [1.54, 1.807) is 31.3 Å². The Morgan fingerprint density at radius 2 is 2.18 bits per heavy atom. The first kappa shape index (κ1) is 24.4. The molecule has 1 fully saturated rings. The third kappa shape index (κ3) is 6.02. The van der Waals surface area contributed by atoms with Gasteiger partial charge in [-0.2, -0.15) is 5.10 Å². The van der Waals surface area contributed by atoms with Gasteiger partial charge in [0.2, 0.25) is 0 Å². The number of hydrogen-bond acceptors (Lipinski definition) is 8. The minimum atomic E-state index is -0.759. The first-order valence-electron chi connectivity index (χ1n) is 11.5. The first-order chi connectivity index (χ1) is 16.5. The van der Waals surface area contributed by atoms with Crippen molar-refractivity contribution < 1.29 is 19.7 Å². The van der Waals surface area contributed by atoms with Crippen LogP contribution in [0.15, 0.2) is 53.8 Å². The SMILES string of the molecule is COc1ccc2nccc(C(O)CC[C@@H]3CCN(CCSc4cccnn4)C[C@@H]3C(=O)O)c2c1. The van der Waals surface area contributed by atoms with Crippen molar-refractivity contribution in [1.82, 2.24) is 20.1 Å². The third-order valence-electron chi connectivity index (χ3n) is 6.51. The molecule has 1 saturated heterocycles. The summed E-state index contributed by atoms with van der Waals surface area (Å²) in [4.78, 5) is 18.6. The molecule has 1 aromatic carbocycles. The van der Waals surface area contributed by atoms with E-state index in [0.717, 1.165) is 46.8 Å². The molecule has 9 heteroatoms. The maximum atomic E-state index is 12.0. The highest BCUT2D eigenvalue weighted by atomic mass is 32.2. The van der Waals surface area contributed by atoms with Crippen molar-refractivity contribution >= 4 is 28.6 Å². The van der Waals surface area contributed by atoms with E-state index in [1.165, 1.54) is 0 Å². The summed E-state index contributed by atoms with van der Waals surface area (Å²) in [6.45, 7) is 2.21. The number of likely N-dealkylation sites (tertiary alicyclic amines) is 1. The molecule has 1 aliphatic heterocycles. The van der Waals surface area contributed by atoms with Gasteiger partial charge in [0.05, 0.1) is 24.6 Å². The van der Waals surface area contributed by atoms with E-state index in [9.17, 15) is 15.0 Å². The van der Waals surface area contributed by atoms with Gasteiger partial charge >= 0.3 is 5.97 Å². The average molecular weight is 483 g/mol. The van der Waals surface area contributed by atoms with Gasteiger partial charge in [-0.1, -0.05) is 0 Å². The Morgan fingerprint density at radius 1 is 1.29 bits per heavy atom. The Labute approximate surface area is 203 Å². The number of carboxylic acid groups (broad SMARTS) is 1. The molecule has 4 rings (SSSR count). The van der Waals surface area contributed by atoms with Crippen LogP contribution in [0.25, 0.3) is 10.9 Å². The second-order valence-corrected chi connectivity index (χ2v) is 9.70. The predicted octanol–water partition coefficient (Wildman–Crippen LogP) is 3.66. The van der Waals surface area contributed by atoms with Crippen molar-refractivity contribution in [3.63, 3.8) is 0 Å². The molecule has 3 atom stereocenters. The van der Waals surface area contributed by atoms with Gasteiger partial charge in [0, 0.05) is 36.6 Å². The fourth-order valence-electron chi connectivity index (χ4n) is 4.63. The molecule has 180 valence electrons. The maximum Gasteiger partial charge on any atom is 0.308 e. The van der Waals surface area contributed by atoms with E-state index in [1.807, 2.05) is 36.4 Å². The Bertz CT molecular complexity index is 1100. The standard InChI is InChI=1S/C25H30N4O4S/c1-33-18-5-6-22-20(15-18)19(8-11-26-22)23(30)7-4-17-9-12-29(16-21(17)25(31)32)13-14-34-24-3-2-10-27-28-24/h2-3,5-6,8,10-11,15,17,21,23,30H,4,7,9,12-14,16H2,1H3,(H,31,32)/t17-,21+,23?/m1/s1. The summed E-state index contributed by atoms with van der Waals surface area (Å²) in [6, 6.07) is 11.2. The number of aliphatic hydroxyl groups excluding tert-OH is 1. The van der Waals surface area contributed by atoms with Gasteiger partial charge in [-0.15, -0.1) is 16.9 Å². The molecule has 0 spiro atoms. The van der Waals surface area contributed by atoms with E-state index in [2.05, 4.69) is 20.1 Å². The number of nitrogens with zero attached hydrogens (tertiary/aromatic N) is 4. The molecule has 1 aliphatic rings. The lowest BCUT2D eigenvalue weighted by Gasteiger charge is -2.36. The lowest BCUT2D eigenvalue weighted by molar-refractivity contribution is -0.146. The molecular weight excluding hydrogens is 452 g/mol. The number of aromatic nitrogens is 3. The average Bonchev–Trinajstić information content (AvgIpc) is 2.87. The number of rotatable bonds is 10. The smallest absolute Gasteiger partial charge is 0.308 e. The second-order valence-electron chi connectivity index (χ2n) is 8.58. The zero-order valence-electron chi connectivity index (χ0n) is 19.2. The number of carbonyl (C=O) groups is 1. The molecule has 0 aliphatic carbocycles. The van der Waals surface area contributed by atoms with Crippen LogP contribution in [0.5, 0.6) is 5.75 Å². The summed E-state index contributed by atoms with van der Waals surface area (Å²) >= 11 is 1.63. The van der Waals surface area contributed by atoms with Crippen LogP contribution in [0.1, 0.15) is 30.9 Å². The minimum absolute atomic E-state index is 0.0404. The number of thioether (sulfide) groups is 1. The summed E-state index contributed by atoms with van der Waals surface area (Å²) < 4.78 is 5.33. The van der Waals surface area contributed by atoms with Crippen LogP contribution >= 0.6 is 11.8 Å². The van der Waals surface area contributed by atoms with E-state index >= 15 is 0 Å². The molecule has 0 saturated carbocycles. The highest BCUT2D eigenvalue weighted by Gasteiger charge is 2.34. The van der Waals surface area contributed by atoms with Gasteiger partial charge in [0.1, 0.15) is 10.8 Å². The maximum absolute atomic E-state index is 12.0. The Kier molecular flexibility index (Phi) is 8.31. The molecule has 2 aromatic heterocycles. The normalized spacial score (nSPS) is 19.7. The molecule has 0 bridgehead atoms. The largest absolute Gasteiger partial charge is 0.497 e. The molecule has 2 N–H and O–H groups in total. The van der Waals surface area contributed by atoms with Gasteiger partial charge in [0.25, 0.3) is 0 Å². The highest BCUT2D eigenvalue weighted by molar-refractivity contribution is 7.99. The number of piperidine rings is 1. The van der Waals surface area contributed by atoms with Crippen LogP contribution in [0.3, 0.4) is 0 Å². The number of benzene rings is 1. The van der Waals surface area contributed by atoms with Gasteiger partial charge in [-0.25, -0.2) is 0 Å². The molecule has 34 heavy (non-hydrogen) atoms. The van der Waals surface area contributed by atoms with Crippen LogP contribution in [-0.2, 0) is 4.79 Å². The quantitative estimate of drug-likeness (QED) is 0.418. The van der Waals surface area contributed by atoms with Gasteiger partial charge in [-0.3, -0.25) is 9.78 Å². The van der Waals surface area contributed by atoms with Crippen LogP contribution in [0, 0.1) is 11.8 Å². The van der Waals surface area contributed by atoms with Crippen LogP contribution < -0.4 is 4.74 Å². The number of carboxylic acids is 1. The summed E-state index contributed by atoms with van der Waals surface area (Å²) in [6.07, 6.45) is 4.64. The van der Waals surface area contributed by atoms with E-state index in [0.29, 0.717) is 25.1 Å². The monoisotopic (exact) mass is 482 g/mol. The van der Waals surface area contributed by atoms with Gasteiger partial charge < -0.3 is 19.8 Å². The summed E-state index contributed by atoms with van der Waals surface area (Å²) in [5.41, 5.74) is 1.60. The number of aliphatic carboxylic acids is 1. The fraction of sp³-hybridized carbons (Fsp3) is 0.440. The number of hydrogen-bond donors (Lipinski definition) is 2. The van der Waals surface area contributed by atoms with Crippen LogP contribution in [0.2, 0.25) is 0 Å². The second kappa shape index (κ2) is 11.6. The first-order valence-corrected chi connectivity index (χ1v) is 12.5. The zero-order chi connectivity index (χ0) is 23.9. The zero-order valence-corrected chi connectivity index (χ0v) is 20.0. The molecule has 1 unspecified atom stereocenters. The Balaban J connectivity index is 1.34. The van der Waals surface area contributed by atoms with Crippen molar-refractivity contribution in [2.45, 2.75) is 30.4 Å². The molecule has 3 heterocycles. The van der Waals surface area contributed by atoms with Crippen LogP contribution in [0.4, 0.5) is 0 Å². The van der Waals surface area contributed by atoms with Crippen molar-refractivity contribution in [3.05, 3.63) is 54.4 Å². The Morgan fingerprint density at radius 3 is 2.94 bits per heavy atom. The molecule has 0 radical (unpaired) electrons. The number of methoxy groups -OCH3 is 1. The van der Waals surface area contributed by atoms with Crippen molar-refractivity contribution in [2.24, 2.45) is 11.8 Å². The molecule has 0 amide bonds. The Hall–Kier alpha value is -2.75. The lowest BCUT2D eigenvalue weighted by Crippen LogP contribution is -2.44. The van der Waals surface area contributed by atoms with Crippen molar-refractivity contribution in [2.75, 3.05) is 32.5 Å². The molecule has 8 nitrogen and oxygen atoms in total. The van der Waals surface area contributed by atoms with E-state index < -0.39 is 18.0 Å². The minimum Gasteiger partial charge on any atom is -0.497 e. The fourth-order valence-corrected chi connectivity index (χ4v) is 5.47. The highest BCUT2D eigenvalue weighted by Crippen LogP contribution is 2.34. The number of pyridine rings is 1.